The van der Waals surface area contributed by atoms with Crippen molar-refractivity contribution in [1.29, 1.82) is 0 Å². The smallest absolute Gasteiger partial charge is 0.325 e. The van der Waals surface area contributed by atoms with Crippen LogP contribution in [0.4, 0.5) is 4.39 Å². The number of esters is 1. The van der Waals surface area contributed by atoms with Crippen molar-refractivity contribution in [2.45, 2.75) is 57.7 Å². The Kier molecular flexibility index (Phi) is 7.70. The lowest BCUT2D eigenvalue weighted by Gasteiger charge is -2.23. The van der Waals surface area contributed by atoms with E-state index < -0.39 is 50.7 Å². The third kappa shape index (κ3) is 6.06. The summed E-state index contributed by atoms with van der Waals surface area (Å²) in [6.45, 7) is 8.11. The Balaban J connectivity index is 2.94. The van der Waals surface area contributed by atoms with Crippen LogP contribution in [0.2, 0.25) is 0 Å². The summed E-state index contributed by atoms with van der Waals surface area (Å²) >= 11 is 0. The SMILES string of the molecule is CC(C)NC(=O)C(C)OC(=O)C(NS(=O)(=O)c1ccccc1F)C(C)C. The zero-order valence-corrected chi connectivity index (χ0v) is 16.3. The third-order valence-corrected chi connectivity index (χ3v) is 4.90. The number of carbonyl (C=O) groups is 2. The van der Waals surface area contributed by atoms with Crippen molar-refractivity contribution in [2.24, 2.45) is 5.92 Å². The van der Waals surface area contributed by atoms with Gasteiger partial charge in [0.25, 0.3) is 5.91 Å². The van der Waals surface area contributed by atoms with Gasteiger partial charge in [-0.05, 0) is 38.8 Å². The molecule has 146 valence electrons. The van der Waals surface area contributed by atoms with E-state index in [1.807, 2.05) is 0 Å². The fourth-order valence-corrected chi connectivity index (χ4v) is 3.46. The van der Waals surface area contributed by atoms with Gasteiger partial charge >= 0.3 is 5.97 Å². The number of rotatable bonds is 8. The molecule has 0 aliphatic heterocycles. The molecule has 2 N–H and O–H groups in total. The number of amides is 1. The summed E-state index contributed by atoms with van der Waals surface area (Å²) in [7, 11) is -4.28. The van der Waals surface area contributed by atoms with Crippen molar-refractivity contribution in [3.8, 4) is 0 Å². The van der Waals surface area contributed by atoms with Gasteiger partial charge < -0.3 is 10.1 Å². The van der Waals surface area contributed by atoms with Gasteiger partial charge in [0.05, 0.1) is 0 Å². The van der Waals surface area contributed by atoms with Crippen LogP contribution in [0.25, 0.3) is 0 Å². The number of nitrogens with one attached hydrogen (secondary N) is 2. The van der Waals surface area contributed by atoms with E-state index in [0.29, 0.717) is 0 Å². The first-order chi connectivity index (χ1) is 12.0. The third-order valence-electron chi connectivity index (χ3n) is 3.42. The number of halogens is 1. The molecule has 0 aromatic heterocycles. The lowest BCUT2D eigenvalue weighted by molar-refractivity contribution is -0.157. The van der Waals surface area contributed by atoms with Crippen molar-refractivity contribution in [2.75, 3.05) is 0 Å². The van der Waals surface area contributed by atoms with E-state index in [2.05, 4.69) is 10.0 Å². The van der Waals surface area contributed by atoms with Crippen LogP contribution in [0.1, 0.15) is 34.6 Å². The molecule has 0 heterocycles. The van der Waals surface area contributed by atoms with Gasteiger partial charge in [-0.2, -0.15) is 4.72 Å². The van der Waals surface area contributed by atoms with E-state index in [1.165, 1.54) is 19.1 Å². The normalized spacial score (nSPS) is 14.2. The molecule has 0 bridgehead atoms. The molecule has 0 saturated heterocycles. The van der Waals surface area contributed by atoms with Crippen molar-refractivity contribution < 1.29 is 27.1 Å². The summed E-state index contributed by atoms with van der Waals surface area (Å²) in [4.78, 5) is 23.6. The molecule has 26 heavy (non-hydrogen) atoms. The standard InChI is InChI=1S/C17H25FN2O5S/c1-10(2)15(17(22)25-12(5)16(21)19-11(3)4)20-26(23,24)14-9-7-6-8-13(14)18/h6-12,15,20H,1-5H3,(H,19,21). The number of carbonyl (C=O) groups excluding carboxylic acids is 2. The maximum Gasteiger partial charge on any atom is 0.325 e. The Hall–Kier alpha value is -2.00. The summed E-state index contributed by atoms with van der Waals surface area (Å²) in [5, 5.41) is 2.59. The Morgan fingerprint density at radius 3 is 2.15 bits per heavy atom. The zero-order valence-electron chi connectivity index (χ0n) is 15.4. The fourth-order valence-electron chi connectivity index (χ4n) is 2.05. The number of hydrogen-bond donors (Lipinski definition) is 2. The van der Waals surface area contributed by atoms with Gasteiger partial charge in [-0.1, -0.05) is 26.0 Å². The van der Waals surface area contributed by atoms with Gasteiger partial charge in [-0.3, -0.25) is 9.59 Å². The Labute approximate surface area is 153 Å². The monoisotopic (exact) mass is 388 g/mol. The average Bonchev–Trinajstić information content (AvgIpc) is 2.51. The Morgan fingerprint density at radius 2 is 1.65 bits per heavy atom. The van der Waals surface area contributed by atoms with Crippen LogP contribution < -0.4 is 10.0 Å². The first-order valence-corrected chi connectivity index (χ1v) is 9.71. The average molecular weight is 388 g/mol. The van der Waals surface area contributed by atoms with Crippen molar-refractivity contribution in [3.63, 3.8) is 0 Å². The number of benzene rings is 1. The predicted octanol–water partition coefficient (Wildman–Crippen LogP) is 1.58. The number of sulfonamides is 1. The quantitative estimate of drug-likeness (QED) is 0.659. The van der Waals surface area contributed by atoms with E-state index >= 15 is 0 Å². The van der Waals surface area contributed by atoms with Gasteiger partial charge in [-0.25, -0.2) is 12.8 Å². The number of ether oxygens (including phenoxy) is 1. The lowest BCUT2D eigenvalue weighted by atomic mass is 10.1. The van der Waals surface area contributed by atoms with Crippen LogP contribution in [0, 0.1) is 11.7 Å². The molecule has 2 atom stereocenters. The highest BCUT2D eigenvalue weighted by Gasteiger charge is 2.32. The van der Waals surface area contributed by atoms with Gasteiger partial charge in [-0.15, -0.1) is 0 Å². The first-order valence-electron chi connectivity index (χ1n) is 8.23. The number of hydrogen-bond acceptors (Lipinski definition) is 5. The van der Waals surface area contributed by atoms with Crippen molar-refractivity contribution in [1.82, 2.24) is 10.0 Å². The highest BCUT2D eigenvalue weighted by Crippen LogP contribution is 2.16. The summed E-state index contributed by atoms with van der Waals surface area (Å²) in [5.41, 5.74) is 0. The van der Waals surface area contributed by atoms with Crippen LogP contribution in [0.3, 0.4) is 0 Å². The van der Waals surface area contributed by atoms with E-state index in [9.17, 15) is 22.4 Å². The van der Waals surface area contributed by atoms with Crippen LogP contribution in [-0.4, -0.2) is 38.5 Å². The summed E-state index contributed by atoms with van der Waals surface area (Å²) in [5.74, 6) is -2.82. The minimum Gasteiger partial charge on any atom is -0.451 e. The van der Waals surface area contributed by atoms with E-state index in [-0.39, 0.29) is 6.04 Å². The Bertz CT molecular complexity index is 749. The van der Waals surface area contributed by atoms with E-state index in [1.54, 1.807) is 27.7 Å². The second-order valence-electron chi connectivity index (χ2n) is 6.52. The second kappa shape index (κ2) is 9.09. The topological polar surface area (TPSA) is 102 Å². The fraction of sp³-hybridized carbons (Fsp3) is 0.529. The molecule has 2 unspecified atom stereocenters. The van der Waals surface area contributed by atoms with E-state index in [4.69, 9.17) is 4.74 Å². The second-order valence-corrected chi connectivity index (χ2v) is 8.20. The summed E-state index contributed by atoms with van der Waals surface area (Å²) < 4.78 is 45.8. The van der Waals surface area contributed by atoms with Crippen LogP contribution in [0.5, 0.6) is 0 Å². The van der Waals surface area contributed by atoms with Crippen LogP contribution in [0.15, 0.2) is 29.2 Å². The molecule has 0 radical (unpaired) electrons. The van der Waals surface area contributed by atoms with Crippen LogP contribution in [-0.2, 0) is 24.3 Å². The molecule has 1 amide bonds. The molecule has 0 aliphatic carbocycles. The van der Waals surface area contributed by atoms with Gasteiger partial charge in [0.15, 0.2) is 6.10 Å². The summed E-state index contributed by atoms with van der Waals surface area (Å²) in [6, 6.07) is 3.43. The van der Waals surface area contributed by atoms with E-state index in [0.717, 1.165) is 12.1 Å². The maximum atomic E-state index is 13.8. The molecule has 0 spiro atoms. The van der Waals surface area contributed by atoms with Crippen molar-refractivity contribution >= 4 is 21.9 Å². The highest BCUT2D eigenvalue weighted by atomic mass is 32.2. The molecule has 0 saturated carbocycles. The molecule has 0 aliphatic rings. The van der Waals surface area contributed by atoms with Crippen LogP contribution >= 0.6 is 0 Å². The minimum atomic E-state index is -4.28. The Morgan fingerprint density at radius 1 is 1.08 bits per heavy atom. The highest BCUT2D eigenvalue weighted by molar-refractivity contribution is 7.89. The minimum absolute atomic E-state index is 0.135. The predicted molar refractivity (Wildman–Crippen MR) is 94.2 cm³/mol. The maximum absolute atomic E-state index is 13.8. The molecule has 1 aromatic carbocycles. The largest absolute Gasteiger partial charge is 0.451 e. The van der Waals surface area contributed by atoms with Crippen molar-refractivity contribution in [3.05, 3.63) is 30.1 Å². The summed E-state index contributed by atoms with van der Waals surface area (Å²) in [6.07, 6.45) is -1.09. The van der Waals surface area contributed by atoms with Gasteiger partial charge in [0.2, 0.25) is 10.0 Å². The zero-order chi connectivity index (χ0) is 20.1. The molecule has 9 heteroatoms. The molecular weight excluding hydrogens is 363 g/mol. The van der Waals surface area contributed by atoms with Gasteiger partial charge in [0.1, 0.15) is 16.8 Å². The lowest BCUT2D eigenvalue weighted by Crippen LogP contribution is -2.48. The molecular formula is C17H25FN2O5S. The first kappa shape index (κ1) is 22.0. The molecule has 1 aromatic rings. The molecule has 7 nitrogen and oxygen atoms in total. The molecule has 0 fully saturated rings. The van der Waals surface area contributed by atoms with Gasteiger partial charge in [0, 0.05) is 6.04 Å². The molecule has 1 rings (SSSR count).